The van der Waals surface area contributed by atoms with Crippen molar-refractivity contribution in [1.29, 1.82) is 0 Å². The van der Waals surface area contributed by atoms with Gasteiger partial charge in [-0.2, -0.15) is 0 Å². The first-order valence-electron chi connectivity index (χ1n) is 15.8. The lowest BCUT2D eigenvalue weighted by atomic mass is 9.76. The summed E-state index contributed by atoms with van der Waals surface area (Å²) in [4.78, 5) is 27.4. The molecule has 0 aliphatic heterocycles. The summed E-state index contributed by atoms with van der Waals surface area (Å²) in [7, 11) is 0. The highest BCUT2D eigenvalue weighted by Crippen LogP contribution is 2.62. The molecule has 7 rings (SSSR count). The Morgan fingerprint density at radius 3 is 2.18 bits per heavy atom. The van der Waals surface area contributed by atoms with Gasteiger partial charge in [0.25, 0.3) is 0 Å². The van der Waals surface area contributed by atoms with Crippen molar-refractivity contribution in [2.45, 2.75) is 37.9 Å². The summed E-state index contributed by atoms with van der Waals surface area (Å²) in [5.41, 5.74) is 7.28. The van der Waals surface area contributed by atoms with Crippen molar-refractivity contribution in [3.05, 3.63) is 162 Å². The van der Waals surface area contributed by atoms with E-state index in [0.29, 0.717) is 11.5 Å². The highest BCUT2D eigenvalue weighted by Gasteiger charge is 2.63. The number of rotatable bonds is 8. The van der Waals surface area contributed by atoms with Gasteiger partial charge in [-0.05, 0) is 83.2 Å². The minimum absolute atomic E-state index is 0.0713. The van der Waals surface area contributed by atoms with E-state index in [2.05, 4.69) is 30.8 Å². The van der Waals surface area contributed by atoms with Gasteiger partial charge in [0.05, 0.1) is 11.1 Å². The molecule has 0 spiro atoms. The van der Waals surface area contributed by atoms with E-state index in [0.717, 1.165) is 35.1 Å². The number of hydrogen-bond acceptors (Lipinski definition) is 4. The first-order valence-corrected chi connectivity index (χ1v) is 15.8. The van der Waals surface area contributed by atoms with Crippen molar-refractivity contribution in [2.75, 3.05) is 0 Å². The number of esters is 2. The van der Waals surface area contributed by atoms with Gasteiger partial charge in [0.15, 0.2) is 0 Å². The highest BCUT2D eigenvalue weighted by atomic mass is 16.6. The fourth-order valence-corrected chi connectivity index (χ4v) is 7.90. The van der Waals surface area contributed by atoms with Gasteiger partial charge in [-0.25, -0.2) is 9.59 Å². The zero-order chi connectivity index (χ0) is 30.9. The quantitative estimate of drug-likeness (QED) is 0.117. The molecule has 3 aliphatic carbocycles. The Morgan fingerprint density at radius 1 is 0.733 bits per heavy atom. The Bertz CT molecular complexity index is 1800. The molecule has 2 fully saturated rings. The average Bonchev–Trinajstić information content (AvgIpc) is 3.75. The van der Waals surface area contributed by atoms with Crippen LogP contribution in [-0.4, -0.2) is 24.1 Å². The molecule has 0 amide bonds. The second kappa shape index (κ2) is 12.2. The third-order valence-electron chi connectivity index (χ3n) is 9.79. The van der Waals surface area contributed by atoms with Crippen LogP contribution >= 0.6 is 0 Å². The maximum Gasteiger partial charge on any atom is 0.338 e. The van der Waals surface area contributed by atoms with Gasteiger partial charge in [0.1, 0.15) is 12.2 Å². The van der Waals surface area contributed by atoms with Crippen LogP contribution < -0.4 is 0 Å². The number of fused-ring (bicyclic) bond motifs is 7. The molecule has 6 atom stereocenters. The molecule has 3 aliphatic rings. The normalized spacial score (nSPS) is 24.7. The lowest BCUT2D eigenvalue weighted by Gasteiger charge is -2.37. The molecule has 4 aromatic rings. The lowest BCUT2D eigenvalue weighted by Crippen LogP contribution is -2.45. The molecule has 45 heavy (non-hydrogen) atoms. The van der Waals surface area contributed by atoms with Crippen LogP contribution in [-0.2, 0) is 20.7 Å². The molecule has 4 heteroatoms. The van der Waals surface area contributed by atoms with Crippen molar-refractivity contribution in [3.8, 4) is 11.1 Å². The van der Waals surface area contributed by atoms with Gasteiger partial charge in [0, 0.05) is 11.8 Å². The fourth-order valence-electron chi connectivity index (χ4n) is 7.90. The number of ether oxygens (including phenoxy) is 2. The first kappa shape index (κ1) is 28.8. The van der Waals surface area contributed by atoms with E-state index in [1.165, 1.54) is 11.1 Å². The fraction of sp³-hybridized carbons (Fsp3) is 0.220. The zero-order valence-corrected chi connectivity index (χ0v) is 25.3. The summed E-state index contributed by atoms with van der Waals surface area (Å²) in [6.45, 7) is 6.03. The Balaban J connectivity index is 1.16. The summed E-state index contributed by atoms with van der Waals surface area (Å²) >= 11 is 0. The predicted molar refractivity (Wildman–Crippen MR) is 177 cm³/mol. The van der Waals surface area contributed by atoms with Crippen molar-refractivity contribution >= 4 is 17.5 Å². The molecule has 6 unspecified atom stereocenters. The van der Waals surface area contributed by atoms with Crippen LogP contribution in [0.3, 0.4) is 0 Å². The number of allylic oxidation sites excluding steroid dienone is 3. The molecule has 0 radical (unpaired) electrons. The molecule has 0 heterocycles. The van der Waals surface area contributed by atoms with Crippen LogP contribution in [0.15, 0.2) is 140 Å². The maximum absolute atomic E-state index is 13.7. The molecule has 0 saturated heterocycles. The third kappa shape index (κ3) is 5.46. The molecule has 0 N–H and O–H groups in total. The summed E-state index contributed by atoms with van der Waals surface area (Å²) in [6, 6.07) is 36.0. The molecular formula is C41H36O4. The minimum Gasteiger partial charge on any atom is -0.455 e. The summed E-state index contributed by atoms with van der Waals surface area (Å²) < 4.78 is 12.6. The second-order valence-electron chi connectivity index (χ2n) is 12.3. The smallest absolute Gasteiger partial charge is 0.338 e. The molecule has 2 saturated carbocycles. The summed E-state index contributed by atoms with van der Waals surface area (Å²) in [5.74, 6) is -0.0532. The molecule has 224 valence electrons. The third-order valence-corrected chi connectivity index (χ3v) is 9.79. The Morgan fingerprint density at radius 2 is 1.40 bits per heavy atom. The predicted octanol–water partition coefficient (Wildman–Crippen LogP) is 8.61. The van der Waals surface area contributed by atoms with Gasteiger partial charge < -0.3 is 9.47 Å². The van der Waals surface area contributed by atoms with Crippen LogP contribution in [0.1, 0.15) is 46.3 Å². The lowest BCUT2D eigenvalue weighted by molar-refractivity contribution is -0.156. The molecule has 4 nitrogen and oxygen atoms in total. The van der Waals surface area contributed by atoms with E-state index in [1.807, 2.05) is 97.9 Å². The van der Waals surface area contributed by atoms with Crippen molar-refractivity contribution in [3.63, 3.8) is 0 Å². The van der Waals surface area contributed by atoms with Crippen LogP contribution in [0.5, 0.6) is 0 Å². The standard InChI is InChI=1S/C41H36O4/c1-3-13-29(27-14-6-4-7-15-27)22-26(2)40(42)44-39-36-25-35(34-24-31-18-10-11-21-33(31)37(34)36)38(39)45-41(43)32-20-12-19-30(23-32)28-16-8-5-9-17-28/h3-23,34-39H,2,24-25H2,1H3/b13-3-,29-22+. The van der Waals surface area contributed by atoms with Crippen LogP contribution in [0.4, 0.5) is 0 Å². The number of carbonyl (C=O) groups excluding carboxylic acids is 2. The molecule has 4 aromatic carbocycles. The van der Waals surface area contributed by atoms with E-state index >= 15 is 0 Å². The van der Waals surface area contributed by atoms with Gasteiger partial charge >= 0.3 is 11.9 Å². The average molecular weight is 593 g/mol. The number of carbonyl (C=O) groups is 2. The van der Waals surface area contributed by atoms with Gasteiger partial charge in [-0.1, -0.05) is 116 Å². The van der Waals surface area contributed by atoms with E-state index in [-0.39, 0.29) is 23.3 Å². The highest BCUT2D eigenvalue weighted by molar-refractivity contribution is 5.95. The van der Waals surface area contributed by atoms with E-state index in [9.17, 15) is 9.59 Å². The monoisotopic (exact) mass is 592 g/mol. The van der Waals surface area contributed by atoms with E-state index in [4.69, 9.17) is 9.47 Å². The van der Waals surface area contributed by atoms with E-state index in [1.54, 1.807) is 12.1 Å². The van der Waals surface area contributed by atoms with E-state index < -0.39 is 24.1 Å². The number of benzene rings is 4. The minimum atomic E-state index is -0.553. The Hall–Kier alpha value is -4.96. The number of hydrogen-bond donors (Lipinski definition) is 0. The maximum atomic E-state index is 13.7. The summed E-state index contributed by atoms with van der Waals surface area (Å²) in [6.07, 6.45) is 6.41. The largest absolute Gasteiger partial charge is 0.455 e. The van der Waals surface area contributed by atoms with Gasteiger partial charge in [0.2, 0.25) is 0 Å². The summed E-state index contributed by atoms with van der Waals surface area (Å²) in [5, 5.41) is 0. The van der Waals surface area contributed by atoms with Crippen molar-refractivity contribution < 1.29 is 19.1 Å². The Labute approximate surface area is 264 Å². The van der Waals surface area contributed by atoms with Gasteiger partial charge in [-0.15, -0.1) is 0 Å². The SMILES string of the molecule is C=C(/C=C(\C=C/C)c1ccccc1)C(=O)OC1C2CC(C3Cc4ccccc4C32)C1OC(=O)c1cccc(-c2ccccc2)c1. The Kier molecular flexibility index (Phi) is 7.81. The van der Waals surface area contributed by atoms with Gasteiger partial charge in [-0.3, -0.25) is 0 Å². The topological polar surface area (TPSA) is 52.6 Å². The van der Waals surface area contributed by atoms with Crippen LogP contribution in [0, 0.1) is 17.8 Å². The van der Waals surface area contributed by atoms with Crippen LogP contribution in [0.25, 0.3) is 16.7 Å². The molecule has 0 aromatic heterocycles. The first-order chi connectivity index (χ1) is 22.0. The van der Waals surface area contributed by atoms with Crippen molar-refractivity contribution in [1.82, 2.24) is 0 Å². The molecular weight excluding hydrogens is 556 g/mol. The zero-order valence-electron chi connectivity index (χ0n) is 25.3. The molecule has 2 bridgehead atoms. The second-order valence-corrected chi connectivity index (χ2v) is 12.3. The van der Waals surface area contributed by atoms with Crippen LogP contribution in [0.2, 0.25) is 0 Å². The van der Waals surface area contributed by atoms with Crippen molar-refractivity contribution in [2.24, 2.45) is 17.8 Å².